The van der Waals surface area contributed by atoms with Crippen LogP contribution in [0.1, 0.15) is 41.1 Å². The molecular formula is C40H44N4O6Si. The number of benzene rings is 4. The highest BCUT2D eigenvalue weighted by molar-refractivity contribution is 6.91. The number of aromatic nitrogens is 3. The molecule has 7 rings (SSSR count). The second-order valence-electron chi connectivity index (χ2n) is 13.8. The topological polar surface area (TPSA) is 108 Å². The van der Waals surface area contributed by atoms with Gasteiger partial charge in [-0.25, -0.2) is 0 Å². The fraction of sp³-hybridized carbons (Fsp3) is 0.325. The highest BCUT2D eigenvalue weighted by Crippen LogP contribution is 2.50. The summed E-state index contributed by atoms with van der Waals surface area (Å²) in [6, 6.07) is 29.3. The van der Waals surface area contributed by atoms with Crippen LogP contribution < -0.4 is 24.3 Å². The molecule has 2 aliphatic heterocycles. The lowest BCUT2D eigenvalue weighted by molar-refractivity contribution is -0.0233. The second-order valence-corrected chi connectivity index (χ2v) is 18.6. The Morgan fingerprint density at radius 1 is 0.941 bits per heavy atom. The van der Waals surface area contributed by atoms with Gasteiger partial charge in [-0.1, -0.05) is 66.8 Å². The highest BCUT2D eigenvalue weighted by atomic mass is 28.3. The van der Waals surface area contributed by atoms with E-state index in [-0.39, 0.29) is 36.2 Å². The van der Waals surface area contributed by atoms with E-state index in [9.17, 15) is 9.90 Å². The van der Waals surface area contributed by atoms with Crippen LogP contribution in [-0.4, -0.2) is 61.0 Å². The van der Waals surface area contributed by atoms with Crippen molar-refractivity contribution in [2.45, 2.75) is 57.2 Å². The summed E-state index contributed by atoms with van der Waals surface area (Å²) < 4.78 is 27.0. The van der Waals surface area contributed by atoms with E-state index in [4.69, 9.17) is 18.9 Å². The monoisotopic (exact) mass is 704 g/mol. The van der Waals surface area contributed by atoms with Crippen LogP contribution in [0.5, 0.6) is 23.0 Å². The number of aliphatic hydroxyl groups excluding tert-OH is 1. The van der Waals surface area contributed by atoms with Crippen LogP contribution >= 0.6 is 0 Å². The summed E-state index contributed by atoms with van der Waals surface area (Å²) in [4.78, 5) is 15.9. The zero-order valence-electron chi connectivity index (χ0n) is 29.7. The van der Waals surface area contributed by atoms with Gasteiger partial charge in [0.1, 0.15) is 23.4 Å². The normalized spacial score (nSPS) is 18.8. The maximum absolute atomic E-state index is 14.2. The van der Waals surface area contributed by atoms with E-state index in [0.717, 1.165) is 29.2 Å². The number of carbonyl (C=O) groups is 1. The molecule has 0 aliphatic carbocycles. The minimum Gasteiger partial charge on any atom is -0.497 e. The minimum atomic E-state index is -2.23. The lowest BCUT2D eigenvalue weighted by atomic mass is 9.86. The molecule has 0 saturated heterocycles. The van der Waals surface area contributed by atoms with Crippen LogP contribution in [-0.2, 0) is 17.7 Å². The van der Waals surface area contributed by atoms with Crippen molar-refractivity contribution in [1.82, 2.24) is 15.0 Å². The Morgan fingerprint density at radius 2 is 1.69 bits per heavy atom. The zero-order valence-corrected chi connectivity index (χ0v) is 30.7. The number of carbonyl (C=O) groups excluding carboxylic acids is 1. The van der Waals surface area contributed by atoms with Gasteiger partial charge >= 0.3 is 0 Å². The van der Waals surface area contributed by atoms with Crippen LogP contribution in [0.15, 0.2) is 97.2 Å². The van der Waals surface area contributed by atoms with Gasteiger partial charge in [0.2, 0.25) is 0 Å². The SMILES string of the molecule is COc1ccc([Si](C)(C)C(CCn2cc(CCO)nn2)[C@H]2Oc3ccc(N4C(=O)c5ccccc5Oc5ccccc54)cc3[C@@H](OC)[C@@H]2C)cc1. The van der Waals surface area contributed by atoms with E-state index in [0.29, 0.717) is 41.4 Å². The van der Waals surface area contributed by atoms with Gasteiger partial charge in [-0.15, -0.1) is 5.10 Å². The van der Waals surface area contributed by atoms with Gasteiger partial charge in [0.15, 0.2) is 5.75 Å². The van der Waals surface area contributed by atoms with Crippen molar-refractivity contribution in [2.24, 2.45) is 5.92 Å². The Bertz CT molecular complexity index is 2010. The van der Waals surface area contributed by atoms with Gasteiger partial charge in [-0.05, 0) is 66.6 Å². The summed E-state index contributed by atoms with van der Waals surface area (Å²) in [6.45, 7) is 7.69. The molecule has 11 heteroatoms. The van der Waals surface area contributed by atoms with Crippen molar-refractivity contribution in [1.29, 1.82) is 0 Å². The predicted molar refractivity (Wildman–Crippen MR) is 198 cm³/mol. The molecule has 0 spiro atoms. The number of ether oxygens (including phenoxy) is 4. The van der Waals surface area contributed by atoms with E-state index in [1.807, 2.05) is 83.7 Å². The van der Waals surface area contributed by atoms with Crippen molar-refractivity contribution in [3.05, 3.63) is 114 Å². The van der Waals surface area contributed by atoms with Gasteiger partial charge in [-0.2, -0.15) is 0 Å². The molecule has 3 heterocycles. The van der Waals surface area contributed by atoms with Crippen molar-refractivity contribution in [3.8, 4) is 23.0 Å². The van der Waals surface area contributed by atoms with Crippen molar-refractivity contribution in [3.63, 3.8) is 0 Å². The number of para-hydroxylation sites is 3. The summed E-state index contributed by atoms with van der Waals surface area (Å²) in [5.41, 5.74) is 3.69. The summed E-state index contributed by atoms with van der Waals surface area (Å²) >= 11 is 0. The molecule has 1 N–H and O–H groups in total. The number of anilines is 2. The summed E-state index contributed by atoms with van der Waals surface area (Å²) in [5.74, 6) is 2.50. The average molecular weight is 705 g/mol. The Labute approximate surface area is 299 Å². The quantitative estimate of drug-likeness (QED) is 0.146. The van der Waals surface area contributed by atoms with E-state index in [1.165, 1.54) is 5.19 Å². The molecule has 5 aromatic rings. The number of aliphatic hydroxyl groups is 1. The van der Waals surface area contributed by atoms with Crippen molar-refractivity contribution >= 4 is 30.5 Å². The maximum Gasteiger partial charge on any atom is 0.266 e. The first kappa shape index (κ1) is 34.5. The first-order chi connectivity index (χ1) is 24.7. The molecule has 1 aromatic heterocycles. The second kappa shape index (κ2) is 14.3. The Morgan fingerprint density at radius 3 is 2.43 bits per heavy atom. The number of methoxy groups -OCH3 is 2. The third kappa shape index (κ3) is 6.53. The number of amides is 1. The largest absolute Gasteiger partial charge is 0.497 e. The van der Waals surface area contributed by atoms with Gasteiger partial charge in [0.25, 0.3) is 5.91 Å². The fourth-order valence-electron chi connectivity index (χ4n) is 7.69. The lowest BCUT2D eigenvalue weighted by Gasteiger charge is -2.46. The van der Waals surface area contributed by atoms with Crippen LogP contribution in [0.3, 0.4) is 0 Å². The summed E-state index contributed by atoms with van der Waals surface area (Å²) in [7, 11) is 1.20. The van der Waals surface area contributed by atoms with Gasteiger partial charge in [0.05, 0.1) is 43.9 Å². The Kier molecular flexibility index (Phi) is 9.69. The van der Waals surface area contributed by atoms with E-state index >= 15 is 0 Å². The number of nitrogens with zero attached hydrogens (tertiary/aromatic N) is 4. The summed E-state index contributed by atoms with van der Waals surface area (Å²) in [5, 5.41) is 19.3. The smallest absolute Gasteiger partial charge is 0.266 e. The Hall–Kier alpha value is -4.97. The summed E-state index contributed by atoms with van der Waals surface area (Å²) in [6.07, 6.45) is 2.75. The zero-order chi connectivity index (χ0) is 35.7. The molecule has 0 saturated carbocycles. The number of hydrogen-bond donors (Lipinski definition) is 1. The van der Waals surface area contributed by atoms with Crippen molar-refractivity contribution in [2.75, 3.05) is 25.7 Å². The molecule has 0 fully saturated rings. The number of fused-ring (bicyclic) bond motifs is 3. The lowest BCUT2D eigenvalue weighted by Crippen LogP contribution is -2.54. The molecule has 4 atom stereocenters. The molecule has 4 aromatic carbocycles. The molecule has 0 bridgehead atoms. The van der Waals surface area contributed by atoms with E-state index in [1.54, 1.807) is 25.2 Å². The van der Waals surface area contributed by atoms with Crippen molar-refractivity contribution < 1.29 is 28.8 Å². The molecule has 2 aliphatic rings. The molecule has 1 unspecified atom stereocenters. The highest BCUT2D eigenvalue weighted by Gasteiger charge is 2.47. The number of rotatable bonds is 11. The van der Waals surface area contributed by atoms with Crippen LogP contribution in [0, 0.1) is 5.92 Å². The van der Waals surface area contributed by atoms with Crippen LogP contribution in [0.2, 0.25) is 18.6 Å². The van der Waals surface area contributed by atoms with Gasteiger partial charge in [-0.3, -0.25) is 14.4 Å². The first-order valence-corrected chi connectivity index (χ1v) is 20.5. The molecule has 10 nitrogen and oxygen atoms in total. The van der Waals surface area contributed by atoms with E-state index in [2.05, 4.69) is 42.5 Å². The van der Waals surface area contributed by atoms with Crippen LogP contribution in [0.4, 0.5) is 11.4 Å². The molecule has 0 radical (unpaired) electrons. The average Bonchev–Trinajstić information content (AvgIpc) is 3.55. The molecule has 264 valence electrons. The number of hydrogen-bond acceptors (Lipinski definition) is 8. The third-order valence-electron chi connectivity index (χ3n) is 10.5. The standard InChI is InChI=1S/C40H44N4O6Si/c1-26-38(48-3)32-24-28(44-33-11-7-9-13-36(33)49-34-12-8-6-10-31(34)40(44)46)14-19-35(32)50-39(26)37(20-22-43-25-27(21-23-45)41-42-43)51(4,5)30-17-15-29(47-2)16-18-30/h6-19,24-26,37-39,45H,20-23H2,1-5H3/t26-,37?,38-,39-/m0/s1. The Balaban J connectivity index is 1.26. The van der Waals surface area contributed by atoms with Crippen LogP contribution in [0.25, 0.3) is 0 Å². The van der Waals surface area contributed by atoms with E-state index < -0.39 is 8.07 Å². The number of aryl methyl sites for hydroxylation is 1. The first-order valence-electron chi connectivity index (χ1n) is 17.4. The molecular weight excluding hydrogens is 661 g/mol. The van der Waals surface area contributed by atoms with Gasteiger partial charge in [0, 0.05) is 44.4 Å². The molecule has 51 heavy (non-hydrogen) atoms. The fourth-order valence-corrected chi connectivity index (χ4v) is 11.2. The maximum atomic E-state index is 14.2. The predicted octanol–water partition coefficient (Wildman–Crippen LogP) is 7.07. The third-order valence-corrected chi connectivity index (χ3v) is 14.8. The van der Waals surface area contributed by atoms with Gasteiger partial charge < -0.3 is 24.1 Å². The minimum absolute atomic E-state index is 0.0235. The molecule has 1 amide bonds.